The molecule has 3 aromatic heterocycles. The Bertz CT molecular complexity index is 1220. The Kier molecular flexibility index (Phi) is 8.59. The van der Waals surface area contributed by atoms with Gasteiger partial charge in [-0.25, -0.2) is 4.68 Å². The molecular formula is C21H28N6O4S. The smallest absolute Gasteiger partial charge is 0.291 e. The highest BCUT2D eigenvalue weighted by Gasteiger charge is 2.19. The highest BCUT2D eigenvalue weighted by Crippen LogP contribution is 2.18. The summed E-state index contributed by atoms with van der Waals surface area (Å²) in [7, 11) is 3.07. The minimum Gasteiger partial charge on any atom is -0.374 e. The predicted molar refractivity (Wildman–Crippen MR) is 128 cm³/mol. The zero-order chi connectivity index (χ0) is 23.8. The molecule has 0 unspecified atom stereocenters. The molecule has 0 atom stereocenters. The van der Waals surface area contributed by atoms with E-state index in [0.717, 1.165) is 9.56 Å². The number of anilines is 3. The molecule has 0 saturated carbocycles. The molecule has 0 spiro atoms. The van der Waals surface area contributed by atoms with Crippen LogP contribution in [0, 0.1) is 0 Å². The average Bonchev–Trinajstić information content (AvgIpc) is 3.31. The van der Waals surface area contributed by atoms with Gasteiger partial charge in [0, 0.05) is 44.5 Å². The normalized spacial score (nSPS) is 10.2. The van der Waals surface area contributed by atoms with Crippen LogP contribution in [0.1, 0.15) is 36.0 Å². The van der Waals surface area contributed by atoms with Crippen LogP contribution in [0.15, 0.2) is 44.3 Å². The molecule has 0 aliphatic rings. The van der Waals surface area contributed by atoms with Gasteiger partial charge in [-0.05, 0) is 18.4 Å². The van der Waals surface area contributed by atoms with Crippen LogP contribution in [0.3, 0.4) is 0 Å². The lowest BCUT2D eigenvalue weighted by Crippen LogP contribution is -2.34. The first-order valence-corrected chi connectivity index (χ1v) is 11.0. The van der Waals surface area contributed by atoms with E-state index in [1.165, 1.54) is 42.7 Å². The number of aromatic amines is 2. The molecule has 1 amide bonds. The van der Waals surface area contributed by atoms with Crippen LogP contribution >= 0.6 is 11.3 Å². The minimum atomic E-state index is -0.584. The lowest BCUT2D eigenvalue weighted by Gasteiger charge is -2.15. The molecule has 3 aromatic rings. The number of hydrogen-bond donors (Lipinski definition) is 4. The van der Waals surface area contributed by atoms with Gasteiger partial charge in [-0.1, -0.05) is 19.9 Å². The van der Waals surface area contributed by atoms with Crippen molar-refractivity contribution in [2.45, 2.75) is 33.9 Å². The predicted octanol–water partition coefficient (Wildman–Crippen LogP) is 2.39. The first-order chi connectivity index (χ1) is 15.3. The summed E-state index contributed by atoms with van der Waals surface area (Å²) in [6.07, 6.45) is 2.64. The molecule has 0 radical (unpaired) electrons. The highest BCUT2D eigenvalue weighted by molar-refractivity contribution is 7.09. The maximum absolute atomic E-state index is 12.9. The molecule has 0 aromatic carbocycles. The van der Waals surface area contributed by atoms with Crippen molar-refractivity contribution in [1.29, 1.82) is 0 Å². The molecule has 10 nitrogen and oxygen atoms in total. The fraction of sp³-hybridized carbons (Fsp3) is 0.333. The second-order valence-corrected chi connectivity index (χ2v) is 7.64. The number of amides is 1. The first kappa shape index (κ1) is 24.7. The summed E-state index contributed by atoms with van der Waals surface area (Å²) in [5.41, 5.74) is -1.76. The summed E-state index contributed by atoms with van der Waals surface area (Å²) in [6, 6.07) is 3.78. The van der Waals surface area contributed by atoms with E-state index in [-0.39, 0.29) is 29.2 Å². The summed E-state index contributed by atoms with van der Waals surface area (Å²) < 4.78 is 1.14. The van der Waals surface area contributed by atoms with Crippen molar-refractivity contribution in [1.82, 2.24) is 19.7 Å². The van der Waals surface area contributed by atoms with Crippen LogP contribution in [-0.2, 0) is 13.1 Å². The number of nitrogens with zero attached hydrogens (tertiary/aromatic N) is 2. The van der Waals surface area contributed by atoms with Crippen molar-refractivity contribution < 1.29 is 4.79 Å². The molecular weight excluding hydrogens is 432 g/mol. The summed E-state index contributed by atoms with van der Waals surface area (Å²) >= 11 is 1.50. The largest absolute Gasteiger partial charge is 0.374 e. The molecule has 172 valence electrons. The fourth-order valence-electron chi connectivity index (χ4n) is 2.79. The maximum atomic E-state index is 12.9. The number of carbonyl (C=O) groups excluding carboxylic acids is 1. The lowest BCUT2D eigenvalue weighted by molar-refractivity contribution is 0.0826. The zero-order valence-corrected chi connectivity index (χ0v) is 19.6. The summed E-state index contributed by atoms with van der Waals surface area (Å²) in [5.74, 6) is -0.479. The van der Waals surface area contributed by atoms with Crippen LogP contribution < -0.4 is 27.2 Å². The highest BCUT2D eigenvalue weighted by atomic mass is 32.1. The first-order valence-electron chi connectivity index (χ1n) is 10.2. The number of hydrogen-bond acceptors (Lipinski definition) is 7. The van der Waals surface area contributed by atoms with E-state index in [9.17, 15) is 19.2 Å². The van der Waals surface area contributed by atoms with Gasteiger partial charge in [-0.2, -0.15) is 0 Å². The number of carbonyl (C=O) groups is 1. The quantitative estimate of drug-likeness (QED) is 0.428. The number of aromatic nitrogens is 3. The van der Waals surface area contributed by atoms with Crippen LogP contribution in [0.2, 0.25) is 0 Å². The van der Waals surface area contributed by atoms with Crippen molar-refractivity contribution in [3.8, 4) is 0 Å². The molecule has 0 aliphatic carbocycles. The maximum Gasteiger partial charge on any atom is 0.291 e. The number of pyridine rings is 1. The van der Waals surface area contributed by atoms with E-state index in [1.54, 1.807) is 6.92 Å². The SMILES string of the molecule is CC.CCn1[nH]c(=O)c(NCc2cccs2)c(Nc2c[nH]cc(C(=O)N(C)C)c2=O)c1=O. The van der Waals surface area contributed by atoms with Crippen LogP contribution in [0.5, 0.6) is 0 Å². The van der Waals surface area contributed by atoms with Gasteiger partial charge < -0.3 is 20.5 Å². The Morgan fingerprint density at radius 2 is 1.88 bits per heavy atom. The van der Waals surface area contributed by atoms with Gasteiger partial charge in [0.1, 0.15) is 22.6 Å². The summed E-state index contributed by atoms with van der Waals surface area (Å²) in [6.45, 7) is 6.28. The number of nitrogens with one attached hydrogen (secondary N) is 4. The molecule has 4 N–H and O–H groups in total. The average molecular weight is 461 g/mol. The van der Waals surface area contributed by atoms with Crippen LogP contribution in [-0.4, -0.2) is 39.7 Å². The molecule has 0 saturated heterocycles. The van der Waals surface area contributed by atoms with Gasteiger partial charge >= 0.3 is 0 Å². The van der Waals surface area contributed by atoms with Crippen LogP contribution in [0.25, 0.3) is 0 Å². The second kappa shape index (κ2) is 11.1. The van der Waals surface area contributed by atoms with E-state index >= 15 is 0 Å². The van der Waals surface area contributed by atoms with Crippen LogP contribution in [0.4, 0.5) is 17.1 Å². The molecule has 11 heteroatoms. The van der Waals surface area contributed by atoms with Crippen molar-refractivity contribution in [2.24, 2.45) is 0 Å². The van der Waals surface area contributed by atoms with Gasteiger partial charge in [-0.3, -0.25) is 24.3 Å². The lowest BCUT2D eigenvalue weighted by atomic mass is 10.2. The monoisotopic (exact) mass is 460 g/mol. The minimum absolute atomic E-state index is 0.0156. The van der Waals surface area contributed by atoms with Gasteiger partial charge in [0.15, 0.2) is 0 Å². The van der Waals surface area contributed by atoms with E-state index in [4.69, 9.17) is 0 Å². The Morgan fingerprint density at radius 3 is 2.47 bits per heavy atom. The third kappa shape index (κ3) is 5.35. The van der Waals surface area contributed by atoms with E-state index in [1.807, 2.05) is 31.4 Å². The zero-order valence-electron chi connectivity index (χ0n) is 18.7. The van der Waals surface area contributed by atoms with Gasteiger partial charge in [0.2, 0.25) is 5.43 Å². The molecule has 32 heavy (non-hydrogen) atoms. The Labute approximate surface area is 188 Å². The third-order valence-corrected chi connectivity index (χ3v) is 5.23. The summed E-state index contributed by atoms with van der Waals surface area (Å²) in [4.78, 5) is 55.5. The Balaban J connectivity index is 0.00000176. The molecule has 0 bridgehead atoms. The van der Waals surface area contributed by atoms with Gasteiger partial charge in [0.25, 0.3) is 17.0 Å². The molecule has 0 aliphatic heterocycles. The Hall–Kier alpha value is -3.60. The van der Waals surface area contributed by atoms with Crippen molar-refractivity contribution >= 4 is 34.3 Å². The van der Waals surface area contributed by atoms with E-state index in [0.29, 0.717) is 6.54 Å². The molecule has 3 heterocycles. The number of H-pyrrole nitrogens is 2. The third-order valence-electron chi connectivity index (χ3n) is 4.35. The fourth-order valence-corrected chi connectivity index (χ4v) is 3.44. The number of aryl methyl sites for hydroxylation is 1. The van der Waals surface area contributed by atoms with Crippen molar-refractivity contribution in [2.75, 3.05) is 24.7 Å². The van der Waals surface area contributed by atoms with Crippen molar-refractivity contribution in [3.05, 3.63) is 71.3 Å². The second-order valence-electron chi connectivity index (χ2n) is 6.61. The standard InChI is InChI=1S/C19H22N6O4S.C2H6/c1-4-25-19(29)15(14(17(27)23-25)21-8-11-6-5-7-30-11)22-13-10-20-9-12(16(13)26)18(28)24(2)3;1-2/h5-7,9-10,21-22H,4,8H2,1-3H3,(H,20,26)(H,23,27);1-2H3. The van der Waals surface area contributed by atoms with E-state index < -0.39 is 22.5 Å². The number of thiophene rings is 1. The molecule has 0 fully saturated rings. The van der Waals surface area contributed by atoms with Gasteiger partial charge in [-0.15, -0.1) is 11.3 Å². The van der Waals surface area contributed by atoms with Gasteiger partial charge in [0.05, 0.1) is 0 Å². The molecule has 3 rings (SSSR count). The summed E-state index contributed by atoms with van der Waals surface area (Å²) in [5, 5.41) is 10.2. The number of rotatable bonds is 7. The van der Waals surface area contributed by atoms with Crippen molar-refractivity contribution in [3.63, 3.8) is 0 Å². The topological polar surface area (TPSA) is 132 Å². The Morgan fingerprint density at radius 1 is 1.16 bits per heavy atom. The van der Waals surface area contributed by atoms with E-state index in [2.05, 4.69) is 20.7 Å².